The molecule has 2 aromatic heterocycles. The van der Waals surface area contributed by atoms with Crippen LogP contribution in [0.2, 0.25) is 0 Å². The van der Waals surface area contributed by atoms with Crippen LogP contribution < -0.4 is 10.6 Å². The van der Waals surface area contributed by atoms with Gasteiger partial charge in [-0.1, -0.05) is 0 Å². The van der Waals surface area contributed by atoms with Crippen LogP contribution in [0.5, 0.6) is 0 Å². The summed E-state index contributed by atoms with van der Waals surface area (Å²) in [5, 5.41) is 6.78. The van der Waals surface area contributed by atoms with E-state index in [4.69, 9.17) is 0 Å². The number of hydrogen-bond acceptors (Lipinski definition) is 5. The lowest BCUT2D eigenvalue weighted by molar-refractivity contribution is 0.0969. The Morgan fingerprint density at radius 1 is 1.24 bits per heavy atom. The molecule has 2 aliphatic rings. The van der Waals surface area contributed by atoms with Crippen molar-refractivity contribution in [1.29, 1.82) is 0 Å². The average molecular weight is 285 g/mol. The molecule has 0 spiro atoms. The number of carbonyl (C=O) groups excluding carboxylic acids is 1. The summed E-state index contributed by atoms with van der Waals surface area (Å²) in [6.45, 7) is 2.06. The molecule has 0 atom stereocenters. The van der Waals surface area contributed by atoms with Crippen molar-refractivity contribution in [3.8, 4) is 0 Å². The molecule has 0 bridgehead atoms. The van der Waals surface area contributed by atoms with Crippen LogP contribution in [0.15, 0.2) is 12.4 Å². The van der Waals surface area contributed by atoms with Gasteiger partial charge in [0, 0.05) is 18.2 Å². The summed E-state index contributed by atoms with van der Waals surface area (Å²) in [6.07, 6.45) is 7.67. The average Bonchev–Trinajstić information content (AvgIpc) is 3.28. The van der Waals surface area contributed by atoms with Crippen molar-refractivity contribution in [2.75, 3.05) is 18.4 Å². The van der Waals surface area contributed by atoms with Gasteiger partial charge in [0.25, 0.3) is 0 Å². The first-order chi connectivity index (χ1) is 10.3. The molecule has 0 radical (unpaired) electrons. The second-order valence-corrected chi connectivity index (χ2v) is 5.96. The molecule has 6 heteroatoms. The molecule has 4 rings (SSSR count). The molecule has 3 heterocycles. The van der Waals surface area contributed by atoms with Crippen LogP contribution in [-0.2, 0) is 0 Å². The molecule has 1 aliphatic carbocycles. The minimum atomic E-state index is 0.201. The zero-order valence-corrected chi connectivity index (χ0v) is 11.9. The van der Waals surface area contributed by atoms with Gasteiger partial charge in [-0.25, -0.2) is 9.97 Å². The van der Waals surface area contributed by atoms with Crippen molar-refractivity contribution < 1.29 is 4.79 Å². The highest BCUT2D eigenvalue weighted by atomic mass is 16.1. The minimum Gasteiger partial charge on any atom is -0.366 e. The van der Waals surface area contributed by atoms with Gasteiger partial charge in [0.05, 0.1) is 11.8 Å². The molecule has 2 fully saturated rings. The van der Waals surface area contributed by atoms with Crippen molar-refractivity contribution >= 4 is 22.8 Å². The molecule has 1 saturated carbocycles. The summed E-state index contributed by atoms with van der Waals surface area (Å²) in [6, 6.07) is 0.430. The van der Waals surface area contributed by atoms with E-state index in [-0.39, 0.29) is 11.7 Å². The number of anilines is 1. The summed E-state index contributed by atoms with van der Waals surface area (Å²) >= 11 is 0. The van der Waals surface area contributed by atoms with E-state index in [1.807, 2.05) is 0 Å². The molecule has 0 unspecified atom stereocenters. The van der Waals surface area contributed by atoms with Crippen molar-refractivity contribution in [2.24, 2.45) is 5.92 Å². The number of nitrogens with zero attached hydrogens (tertiary/aromatic N) is 2. The molecule has 0 aromatic carbocycles. The van der Waals surface area contributed by atoms with E-state index < -0.39 is 0 Å². The largest absolute Gasteiger partial charge is 0.366 e. The zero-order chi connectivity index (χ0) is 14.2. The monoisotopic (exact) mass is 285 g/mol. The number of carbonyl (C=O) groups is 1. The molecule has 21 heavy (non-hydrogen) atoms. The molecule has 3 N–H and O–H groups in total. The summed E-state index contributed by atoms with van der Waals surface area (Å²) in [5.74, 6) is 1.17. The second-order valence-electron chi connectivity index (χ2n) is 5.96. The van der Waals surface area contributed by atoms with Crippen LogP contribution in [0.25, 0.3) is 11.2 Å². The minimum absolute atomic E-state index is 0.201. The van der Waals surface area contributed by atoms with Gasteiger partial charge in [-0.2, -0.15) is 0 Å². The maximum absolute atomic E-state index is 12.3. The molecule has 2 aromatic rings. The summed E-state index contributed by atoms with van der Waals surface area (Å²) in [7, 11) is 0. The third-order valence-electron chi connectivity index (χ3n) is 4.29. The van der Waals surface area contributed by atoms with Gasteiger partial charge >= 0.3 is 0 Å². The van der Waals surface area contributed by atoms with Gasteiger partial charge in [0.2, 0.25) is 0 Å². The van der Waals surface area contributed by atoms with Crippen molar-refractivity contribution in [3.63, 3.8) is 0 Å². The number of aromatic nitrogens is 3. The maximum atomic E-state index is 12.3. The van der Waals surface area contributed by atoms with E-state index >= 15 is 0 Å². The Balaban J connectivity index is 1.61. The first-order valence-electron chi connectivity index (χ1n) is 7.67. The van der Waals surface area contributed by atoms with Gasteiger partial charge in [0.15, 0.2) is 11.4 Å². The normalized spacial score (nSPS) is 19.8. The highest BCUT2D eigenvalue weighted by Crippen LogP contribution is 2.34. The molecule has 1 saturated heterocycles. The Morgan fingerprint density at radius 2 is 2.05 bits per heavy atom. The number of H-pyrrole nitrogens is 1. The lowest BCUT2D eigenvalue weighted by Gasteiger charge is -2.23. The second kappa shape index (κ2) is 5.11. The van der Waals surface area contributed by atoms with Gasteiger partial charge in [-0.05, 0) is 38.8 Å². The first kappa shape index (κ1) is 12.8. The smallest absolute Gasteiger partial charge is 0.169 e. The van der Waals surface area contributed by atoms with Crippen LogP contribution in [0.1, 0.15) is 36.0 Å². The predicted molar refractivity (Wildman–Crippen MR) is 80.5 cm³/mol. The summed E-state index contributed by atoms with van der Waals surface area (Å²) < 4.78 is 0. The Morgan fingerprint density at radius 3 is 2.81 bits per heavy atom. The fourth-order valence-corrected chi connectivity index (χ4v) is 2.89. The van der Waals surface area contributed by atoms with E-state index in [1.165, 1.54) is 0 Å². The number of piperidine rings is 1. The standard InChI is InChI=1S/C15H19N5O/c21-14(9-1-2-9)11-7-17-15-13(11)20-12(8-18-15)19-10-3-5-16-6-4-10/h7-10,16H,1-6H2,(H,17,18)(H,19,20). The van der Waals surface area contributed by atoms with Crippen LogP contribution >= 0.6 is 0 Å². The van der Waals surface area contributed by atoms with Crippen molar-refractivity contribution in [2.45, 2.75) is 31.7 Å². The van der Waals surface area contributed by atoms with Gasteiger partial charge in [-0.3, -0.25) is 4.79 Å². The number of fused-ring (bicyclic) bond motifs is 1. The Kier molecular flexibility index (Phi) is 3.11. The molecule has 1 aliphatic heterocycles. The van der Waals surface area contributed by atoms with Crippen LogP contribution in [0.3, 0.4) is 0 Å². The van der Waals surface area contributed by atoms with E-state index in [0.717, 1.165) is 44.6 Å². The number of ketones is 1. The van der Waals surface area contributed by atoms with Crippen molar-refractivity contribution in [1.82, 2.24) is 20.3 Å². The van der Waals surface area contributed by atoms with Crippen LogP contribution in [0, 0.1) is 5.92 Å². The third kappa shape index (κ3) is 2.51. The molecular weight excluding hydrogens is 266 g/mol. The number of nitrogens with one attached hydrogen (secondary N) is 3. The lowest BCUT2D eigenvalue weighted by atomic mass is 10.1. The molecular formula is C15H19N5O. The summed E-state index contributed by atoms with van der Waals surface area (Å²) in [4.78, 5) is 24.3. The fourth-order valence-electron chi connectivity index (χ4n) is 2.89. The van der Waals surface area contributed by atoms with E-state index in [0.29, 0.717) is 22.8 Å². The van der Waals surface area contributed by atoms with E-state index in [9.17, 15) is 4.79 Å². The highest BCUT2D eigenvalue weighted by molar-refractivity contribution is 6.08. The Bertz CT molecular complexity index is 670. The Hall–Kier alpha value is -1.95. The van der Waals surface area contributed by atoms with Crippen LogP contribution in [0.4, 0.5) is 5.82 Å². The summed E-state index contributed by atoms with van der Waals surface area (Å²) in [5.41, 5.74) is 2.08. The third-order valence-corrected chi connectivity index (χ3v) is 4.29. The Labute approximate surface area is 122 Å². The molecule has 0 amide bonds. The number of rotatable bonds is 4. The van der Waals surface area contributed by atoms with Crippen molar-refractivity contribution in [3.05, 3.63) is 18.0 Å². The number of hydrogen-bond donors (Lipinski definition) is 3. The highest BCUT2D eigenvalue weighted by Gasteiger charge is 2.32. The van der Waals surface area contributed by atoms with Gasteiger partial charge in [0.1, 0.15) is 11.3 Å². The first-order valence-corrected chi connectivity index (χ1v) is 7.67. The fraction of sp³-hybridized carbons (Fsp3) is 0.533. The SMILES string of the molecule is O=C(c1c[nH]c2ncc(NC3CCNCC3)nc12)C1CC1. The quantitative estimate of drug-likeness (QED) is 0.745. The maximum Gasteiger partial charge on any atom is 0.169 e. The van der Waals surface area contributed by atoms with Gasteiger partial charge < -0.3 is 15.6 Å². The zero-order valence-electron chi connectivity index (χ0n) is 11.9. The van der Waals surface area contributed by atoms with Crippen LogP contribution in [-0.4, -0.2) is 39.9 Å². The lowest BCUT2D eigenvalue weighted by Crippen LogP contribution is -2.35. The van der Waals surface area contributed by atoms with Gasteiger partial charge in [-0.15, -0.1) is 0 Å². The predicted octanol–water partition coefficient (Wildman–Crippen LogP) is 1.71. The topological polar surface area (TPSA) is 82.7 Å². The van der Waals surface area contributed by atoms with E-state index in [1.54, 1.807) is 12.4 Å². The molecule has 110 valence electrons. The molecule has 6 nitrogen and oxygen atoms in total. The number of Topliss-reactive ketones (excluding diaryl/α,β-unsaturated/α-hetero) is 1. The van der Waals surface area contributed by atoms with E-state index in [2.05, 4.69) is 25.6 Å². The number of aromatic amines is 1.